The minimum Gasteiger partial charge on any atom is -0.330 e. The monoisotopic (exact) mass is 326 g/mol. The van der Waals surface area contributed by atoms with E-state index < -0.39 is 5.82 Å². The number of nitrogens with one attached hydrogen (secondary N) is 1. The van der Waals surface area contributed by atoms with Crippen LogP contribution in [0, 0.1) is 17.5 Å². The lowest BCUT2D eigenvalue weighted by atomic mass is 10.2. The van der Waals surface area contributed by atoms with Crippen LogP contribution in [0.25, 0.3) is 16.7 Å². The number of imidazole rings is 1. The molecule has 3 rings (SSSR count). The predicted molar refractivity (Wildman–Crippen MR) is 83.2 cm³/mol. The van der Waals surface area contributed by atoms with Gasteiger partial charge in [-0.05, 0) is 42.9 Å². The number of para-hydroxylation sites is 1. The Bertz CT molecular complexity index is 859. The first-order valence-electron chi connectivity index (χ1n) is 5.84. The first-order chi connectivity index (χ1) is 9.49. The molecule has 0 fully saturated rings. The molecule has 2 nitrogen and oxygen atoms in total. The van der Waals surface area contributed by atoms with Crippen LogP contribution in [-0.4, -0.2) is 9.55 Å². The molecule has 0 bridgehead atoms. The van der Waals surface area contributed by atoms with Crippen molar-refractivity contribution in [2.75, 3.05) is 0 Å². The van der Waals surface area contributed by atoms with E-state index in [9.17, 15) is 4.39 Å². The number of benzene rings is 2. The largest absolute Gasteiger partial charge is 0.330 e. The summed E-state index contributed by atoms with van der Waals surface area (Å²) < 4.78 is 15.8. The maximum atomic E-state index is 13.5. The minimum absolute atomic E-state index is 0.0311. The molecule has 0 saturated carbocycles. The van der Waals surface area contributed by atoms with Crippen molar-refractivity contribution in [1.82, 2.24) is 9.55 Å². The smallest absolute Gasteiger partial charge is 0.182 e. The second kappa shape index (κ2) is 4.88. The lowest BCUT2D eigenvalue weighted by Crippen LogP contribution is -1.95. The summed E-state index contributed by atoms with van der Waals surface area (Å²) in [6.07, 6.45) is 0. The van der Waals surface area contributed by atoms with Crippen LogP contribution in [0.2, 0.25) is 10.0 Å². The second-order valence-corrected chi connectivity index (χ2v) is 5.66. The molecule has 102 valence electrons. The lowest BCUT2D eigenvalue weighted by molar-refractivity contribution is 0.628. The summed E-state index contributed by atoms with van der Waals surface area (Å²) in [5, 5.41) is -0.0622. The Morgan fingerprint density at radius 3 is 2.50 bits per heavy atom. The van der Waals surface area contributed by atoms with Gasteiger partial charge in [-0.3, -0.25) is 4.57 Å². The molecule has 0 unspecified atom stereocenters. The number of fused-ring (bicyclic) bond motifs is 1. The van der Waals surface area contributed by atoms with Crippen molar-refractivity contribution in [3.8, 4) is 5.69 Å². The van der Waals surface area contributed by atoms with Gasteiger partial charge in [0.2, 0.25) is 0 Å². The fourth-order valence-electron chi connectivity index (χ4n) is 2.20. The minimum atomic E-state index is -0.625. The Hall–Kier alpha value is -1.36. The average molecular weight is 327 g/mol. The van der Waals surface area contributed by atoms with E-state index in [2.05, 4.69) is 4.98 Å². The molecular weight excluding hydrogens is 318 g/mol. The van der Waals surface area contributed by atoms with Gasteiger partial charge in [-0.25, -0.2) is 4.39 Å². The Morgan fingerprint density at radius 1 is 1.20 bits per heavy atom. The van der Waals surface area contributed by atoms with Crippen molar-refractivity contribution >= 4 is 46.5 Å². The third-order valence-electron chi connectivity index (χ3n) is 3.15. The zero-order valence-electron chi connectivity index (χ0n) is 10.4. The molecule has 0 aliphatic carbocycles. The predicted octanol–water partition coefficient (Wildman–Crippen LogP) is 5.44. The van der Waals surface area contributed by atoms with E-state index in [1.54, 1.807) is 4.57 Å². The third kappa shape index (κ3) is 2.04. The summed E-state index contributed by atoms with van der Waals surface area (Å²) >= 11 is 17.0. The van der Waals surface area contributed by atoms with Crippen molar-refractivity contribution in [2.45, 2.75) is 6.92 Å². The summed E-state index contributed by atoms with van der Waals surface area (Å²) in [7, 11) is 0. The molecular formula is C14H9Cl2FN2S. The fourth-order valence-corrected chi connectivity index (χ4v) is 2.98. The van der Waals surface area contributed by atoms with E-state index in [-0.39, 0.29) is 10.0 Å². The highest BCUT2D eigenvalue weighted by atomic mass is 35.5. The quantitative estimate of drug-likeness (QED) is 0.466. The van der Waals surface area contributed by atoms with Gasteiger partial charge in [-0.1, -0.05) is 35.3 Å². The maximum Gasteiger partial charge on any atom is 0.182 e. The highest BCUT2D eigenvalue weighted by Gasteiger charge is 2.12. The van der Waals surface area contributed by atoms with Crippen LogP contribution >= 0.6 is 35.4 Å². The van der Waals surface area contributed by atoms with Crippen LogP contribution in [0.15, 0.2) is 30.3 Å². The molecule has 0 aliphatic heterocycles. The van der Waals surface area contributed by atoms with E-state index in [4.69, 9.17) is 35.4 Å². The van der Waals surface area contributed by atoms with Crippen LogP contribution < -0.4 is 0 Å². The number of hydrogen-bond donors (Lipinski definition) is 1. The molecule has 0 saturated heterocycles. The van der Waals surface area contributed by atoms with Gasteiger partial charge in [-0.15, -0.1) is 0 Å². The zero-order chi connectivity index (χ0) is 14.4. The summed E-state index contributed by atoms with van der Waals surface area (Å²) in [6, 6.07) is 8.87. The van der Waals surface area contributed by atoms with Gasteiger partial charge in [0, 0.05) is 0 Å². The number of hydrogen-bond acceptors (Lipinski definition) is 1. The standard InChI is InChI=1S/C14H9Cl2FN2S/c1-7-3-2-4-11-13(7)18-14(20)19(11)8-5-9(15)12(17)10(16)6-8/h2-6H,1H3,(H,18,20). The van der Waals surface area contributed by atoms with Crippen molar-refractivity contribution in [3.05, 3.63) is 56.5 Å². The van der Waals surface area contributed by atoms with Gasteiger partial charge < -0.3 is 4.98 Å². The van der Waals surface area contributed by atoms with E-state index >= 15 is 0 Å². The summed E-state index contributed by atoms with van der Waals surface area (Å²) in [5.74, 6) is -0.625. The van der Waals surface area contributed by atoms with Crippen LogP contribution in [0.4, 0.5) is 4.39 Å². The van der Waals surface area contributed by atoms with Gasteiger partial charge in [0.25, 0.3) is 0 Å². The highest BCUT2D eigenvalue weighted by molar-refractivity contribution is 7.71. The normalized spacial score (nSPS) is 11.2. The molecule has 0 spiro atoms. The van der Waals surface area contributed by atoms with Gasteiger partial charge >= 0.3 is 0 Å². The van der Waals surface area contributed by atoms with Gasteiger partial charge in [0.15, 0.2) is 10.6 Å². The Kier molecular flexibility index (Phi) is 3.32. The third-order valence-corrected chi connectivity index (χ3v) is 3.99. The molecule has 6 heteroatoms. The Morgan fingerprint density at radius 2 is 1.85 bits per heavy atom. The Labute approximate surface area is 129 Å². The number of nitrogens with zero attached hydrogens (tertiary/aromatic N) is 1. The van der Waals surface area contributed by atoms with Crippen molar-refractivity contribution in [1.29, 1.82) is 0 Å². The van der Waals surface area contributed by atoms with Gasteiger partial charge in [-0.2, -0.15) is 0 Å². The first-order valence-corrected chi connectivity index (χ1v) is 7.00. The number of aryl methyl sites for hydroxylation is 1. The number of aromatic nitrogens is 2. The summed E-state index contributed by atoms with van der Waals surface area (Å²) in [5.41, 5.74) is 3.54. The van der Waals surface area contributed by atoms with Gasteiger partial charge in [0.1, 0.15) is 0 Å². The molecule has 0 aliphatic rings. The van der Waals surface area contributed by atoms with E-state index in [0.29, 0.717) is 10.5 Å². The topological polar surface area (TPSA) is 20.7 Å². The van der Waals surface area contributed by atoms with Crippen LogP contribution in [-0.2, 0) is 0 Å². The maximum absolute atomic E-state index is 13.5. The van der Waals surface area contributed by atoms with Crippen LogP contribution in [0.3, 0.4) is 0 Å². The number of rotatable bonds is 1. The molecule has 2 aromatic carbocycles. The van der Waals surface area contributed by atoms with Crippen LogP contribution in [0.1, 0.15) is 5.56 Å². The number of H-pyrrole nitrogens is 1. The lowest BCUT2D eigenvalue weighted by Gasteiger charge is -2.07. The SMILES string of the molecule is Cc1cccc2c1[nH]c(=S)n2-c1cc(Cl)c(F)c(Cl)c1. The molecule has 1 N–H and O–H groups in total. The summed E-state index contributed by atoms with van der Waals surface area (Å²) in [6.45, 7) is 1.99. The van der Waals surface area contributed by atoms with E-state index in [1.807, 2.05) is 25.1 Å². The average Bonchev–Trinajstić information content (AvgIpc) is 2.73. The first kappa shape index (κ1) is 13.6. The van der Waals surface area contributed by atoms with Crippen molar-refractivity contribution in [3.63, 3.8) is 0 Å². The second-order valence-electron chi connectivity index (χ2n) is 4.46. The highest BCUT2D eigenvalue weighted by Crippen LogP contribution is 2.29. The molecule has 1 aromatic heterocycles. The molecule has 0 amide bonds. The number of aromatic amines is 1. The van der Waals surface area contributed by atoms with E-state index in [1.165, 1.54) is 12.1 Å². The molecule has 0 atom stereocenters. The Balaban J connectivity index is 2.38. The molecule has 3 aromatic rings. The zero-order valence-corrected chi connectivity index (χ0v) is 12.7. The fraction of sp³-hybridized carbons (Fsp3) is 0.0714. The van der Waals surface area contributed by atoms with E-state index in [0.717, 1.165) is 16.6 Å². The van der Waals surface area contributed by atoms with Gasteiger partial charge in [0.05, 0.1) is 26.8 Å². The van der Waals surface area contributed by atoms with Crippen LogP contribution in [0.5, 0.6) is 0 Å². The van der Waals surface area contributed by atoms with Crippen molar-refractivity contribution < 1.29 is 4.39 Å². The molecule has 0 radical (unpaired) electrons. The molecule has 20 heavy (non-hydrogen) atoms. The number of halogens is 3. The van der Waals surface area contributed by atoms with Crippen molar-refractivity contribution in [2.24, 2.45) is 0 Å². The molecule has 1 heterocycles. The summed E-state index contributed by atoms with van der Waals surface area (Å²) in [4.78, 5) is 3.15.